The molecular formula is C15H9F2N3. The van der Waals surface area contributed by atoms with Crippen molar-refractivity contribution in [3.63, 3.8) is 0 Å². The molecule has 0 aliphatic heterocycles. The van der Waals surface area contributed by atoms with Gasteiger partial charge in [-0.3, -0.25) is 0 Å². The zero-order chi connectivity index (χ0) is 14.3. The highest BCUT2D eigenvalue weighted by Gasteiger charge is 2.17. The van der Waals surface area contributed by atoms with E-state index < -0.39 is 11.6 Å². The molecule has 0 atom stereocenters. The minimum absolute atomic E-state index is 0.162. The van der Waals surface area contributed by atoms with E-state index in [4.69, 9.17) is 5.26 Å². The molecule has 3 aromatic rings. The summed E-state index contributed by atoms with van der Waals surface area (Å²) in [7, 11) is 1.66. The lowest BCUT2D eigenvalue weighted by molar-refractivity contribution is 0.586. The molecule has 0 aliphatic rings. The Balaban J connectivity index is 2.33. The fraction of sp³-hybridized carbons (Fsp3) is 0.0667. The van der Waals surface area contributed by atoms with Gasteiger partial charge in [0.1, 0.15) is 17.5 Å². The molecule has 0 amide bonds. The zero-order valence-electron chi connectivity index (χ0n) is 10.6. The van der Waals surface area contributed by atoms with E-state index in [1.165, 1.54) is 18.2 Å². The fourth-order valence-corrected chi connectivity index (χ4v) is 2.19. The predicted molar refractivity (Wildman–Crippen MR) is 70.8 cm³/mol. The van der Waals surface area contributed by atoms with Crippen molar-refractivity contribution in [2.45, 2.75) is 0 Å². The standard InChI is InChI=1S/C15H9F2N3/c1-20-13-7-9(8-18)5-6-12(13)19-15(20)14-10(16)3-2-4-11(14)17/h2-7H,1H3. The smallest absolute Gasteiger partial charge is 0.146 e. The van der Waals surface area contributed by atoms with Crippen LogP contribution in [0, 0.1) is 23.0 Å². The van der Waals surface area contributed by atoms with Gasteiger partial charge in [-0.1, -0.05) is 6.07 Å². The van der Waals surface area contributed by atoms with Crippen LogP contribution in [0.4, 0.5) is 8.78 Å². The largest absolute Gasteiger partial charge is 0.327 e. The van der Waals surface area contributed by atoms with E-state index in [0.29, 0.717) is 16.6 Å². The summed E-state index contributed by atoms with van der Waals surface area (Å²) in [6.07, 6.45) is 0. The van der Waals surface area contributed by atoms with E-state index in [0.717, 1.165) is 0 Å². The Kier molecular flexibility index (Phi) is 2.72. The number of aromatic nitrogens is 2. The molecule has 98 valence electrons. The fourth-order valence-electron chi connectivity index (χ4n) is 2.19. The first-order valence-corrected chi connectivity index (χ1v) is 5.93. The molecule has 0 aliphatic carbocycles. The Labute approximate surface area is 113 Å². The molecule has 2 aromatic carbocycles. The second kappa shape index (κ2) is 4.42. The van der Waals surface area contributed by atoms with E-state index >= 15 is 0 Å². The maximum absolute atomic E-state index is 13.8. The van der Waals surface area contributed by atoms with Crippen molar-refractivity contribution >= 4 is 11.0 Å². The topological polar surface area (TPSA) is 41.6 Å². The molecule has 0 fully saturated rings. The highest BCUT2D eigenvalue weighted by atomic mass is 19.1. The summed E-state index contributed by atoms with van der Waals surface area (Å²) in [5, 5.41) is 8.90. The van der Waals surface area contributed by atoms with Gasteiger partial charge < -0.3 is 4.57 Å². The lowest BCUT2D eigenvalue weighted by Gasteiger charge is -2.05. The van der Waals surface area contributed by atoms with Gasteiger partial charge in [0, 0.05) is 7.05 Å². The number of hydrogen-bond donors (Lipinski definition) is 0. The Morgan fingerprint density at radius 1 is 1.15 bits per heavy atom. The molecule has 20 heavy (non-hydrogen) atoms. The lowest BCUT2D eigenvalue weighted by atomic mass is 10.2. The number of benzene rings is 2. The van der Waals surface area contributed by atoms with Crippen LogP contribution in [0.2, 0.25) is 0 Å². The van der Waals surface area contributed by atoms with Crippen molar-refractivity contribution in [3.05, 3.63) is 53.6 Å². The van der Waals surface area contributed by atoms with Crippen LogP contribution in [0.25, 0.3) is 22.4 Å². The number of nitrogens with zero attached hydrogens (tertiary/aromatic N) is 3. The molecule has 0 unspecified atom stereocenters. The molecule has 0 saturated carbocycles. The Bertz CT molecular complexity index is 839. The molecule has 0 spiro atoms. The van der Waals surface area contributed by atoms with E-state index in [1.807, 2.05) is 6.07 Å². The molecule has 0 N–H and O–H groups in total. The predicted octanol–water partition coefficient (Wildman–Crippen LogP) is 3.39. The summed E-state index contributed by atoms with van der Waals surface area (Å²) >= 11 is 0. The third-order valence-corrected chi connectivity index (χ3v) is 3.20. The van der Waals surface area contributed by atoms with Crippen LogP contribution in [0.1, 0.15) is 5.56 Å². The third kappa shape index (κ3) is 1.74. The molecule has 1 aromatic heterocycles. The van der Waals surface area contributed by atoms with Crippen molar-refractivity contribution in [2.75, 3.05) is 0 Å². The number of hydrogen-bond acceptors (Lipinski definition) is 2. The molecule has 0 saturated heterocycles. The summed E-state index contributed by atoms with van der Waals surface area (Å²) in [6.45, 7) is 0. The van der Waals surface area contributed by atoms with Gasteiger partial charge in [-0.2, -0.15) is 5.26 Å². The Morgan fingerprint density at radius 2 is 1.85 bits per heavy atom. The average molecular weight is 269 g/mol. The lowest BCUT2D eigenvalue weighted by Crippen LogP contribution is -1.97. The normalized spacial score (nSPS) is 10.7. The van der Waals surface area contributed by atoms with Crippen molar-refractivity contribution in [1.82, 2.24) is 9.55 Å². The van der Waals surface area contributed by atoms with Gasteiger partial charge in [0.2, 0.25) is 0 Å². The van der Waals surface area contributed by atoms with Gasteiger partial charge in [0.25, 0.3) is 0 Å². The van der Waals surface area contributed by atoms with Crippen LogP contribution in [-0.2, 0) is 7.05 Å². The number of nitriles is 1. The average Bonchev–Trinajstić information content (AvgIpc) is 2.76. The van der Waals surface area contributed by atoms with Crippen molar-refractivity contribution in [3.8, 4) is 17.5 Å². The van der Waals surface area contributed by atoms with Crippen LogP contribution in [0.3, 0.4) is 0 Å². The molecule has 3 nitrogen and oxygen atoms in total. The van der Waals surface area contributed by atoms with Crippen molar-refractivity contribution < 1.29 is 8.78 Å². The van der Waals surface area contributed by atoms with E-state index in [1.54, 1.807) is 29.8 Å². The number of aryl methyl sites for hydroxylation is 1. The quantitative estimate of drug-likeness (QED) is 0.679. The minimum atomic E-state index is -0.663. The van der Waals surface area contributed by atoms with Crippen molar-refractivity contribution in [2.24, 2.45) is 7.05 Å². The first-order chi connectivity index (χ1) is 9.61. The SMILES string of the molecule is Cn1c(-c2c(F)cccc2F)nc2ccc(C#N)cc21. The monoisotopic (exact) mass is 269 g/mol. The number of rotatable bonds is 1. The number of imidazole rings is 1. The second-order valence-electron chi connectivity index (χ2n) is 4.41. The Hall–Kier alpha value is -2.74. The minimum Gasteiger partial charge on any atom is -0.327 e. The molecule has 0 radical (unpaired) electrons. The number of halogens is 2. The first-order valence-electron chi connectivity index (χ1n) is 5.93. The highest BCUT2D eigenvalue weighted by Crippen LogP contribution is 2.28. The summed E-state index contributed by atoms with van der Waals surface area (Å²) in [5.41, 5.74) is 1.55. The molecule has 0 bridgehead atoms. The van der Waals surface area contributed by atoms with Crippen LogP contribution in [-0.4, -0.2) is 9.55 Å². The Morgan fingerprint density at radius 3 is 2.50 bits per heavy atom. The van der Waals surface area contributed by atoms with Gasteiger partial charge in [0.05, 0.1) is 28.2 Å². The highest BCUT2D eigenvalue weighted by molar-refractivity contribution is 5.82. The van der Waals surface area contributed by atoms with Crippen LogP contribution < -0.4 is 0 Å². The van der Waals surface area contributed by atoms with E-state index in [2.05, 4.69) is 4.98 Å². The van der Waals surface area contributed by atoms with Crippen molar-refractivity contribution in [1.29, 1.82) is 5.26 Å². The van der Waals surface area contributed by atoms with Gasteiger partial charge in [-0.25, -0.2) is 13.8 Å². The first kappa shape index (κ1) is 12.3. The summed E-state index contributed by atoms with van der Waals surface area (Å²) in [6, 6.07) is 10.7. The van der Waals surface area contributed by atoms with Crippen LogP contribution in [0.15, 0.2) is 36.4 Å². The van der Waals surface area contributed by atoms with Crippen LogP contribution in [0.5, 0.6) is 0 Å². The zero-order valence-corrected chi connectivity index (χ0v) is 10.6. The molecule has 5 heteroatoms. The number of fused-ring (bicyclic) bond motifs is 1. The van der Waals surface area contributed by atoms with Gasteiger partial charge in [0.15, 0.2) is 0 Å². The maximum Gasteiger partial charge on any atom is 0.146 e. The summed E-state index contributed by atoms with van der Waals surface area (Å²) < 4.78 is 29.3. The van der Waals surface area contributed by atoms with E-state index in [-0.39, 0.29) is 11.4 Å². The van der Waals surface area contributed by atoms with Gasteiger partial charge >= 0.3 is 0 Å². The van der Waals surface area contributed by atoms with Crippen LogP contribution >= 0.6 is 0 Å². The maximum atomic E-state index is 13.8. The summed E-state index contributed by atoms with van der Waals surface area (Å²) in [5.74, 6) is -1.13. The molecule has 3 rings (SSSR count). The van der Waals surface area contributed by atoms with E-state index in [9.17, 15) is 8.78 Å². The van der Waals surface area contributed by atoms with Gasteiger partial charge in [-0.15, -0.1) is 0 Å². The summed E-state index contributed by atoms with van der Waals surface area (Å²) in [4.78, 5) is 4.25. The molecule has 1 heterocycles. The molecular weight excluding hydrogens is 260 g/mol. The third-order valence-electron chi connectivity index (χ3n) is 3.20. The second-order valence-corrected chi connectivity index (χ2v) is 4.41. The van der Waals surface area contributed by atoms with Gasteiger partial charge in [-0.05, 0) is 30.3 Å².